The number of aromatic nitrogens is 2. The zero-order valence-electron chi connectivity index (χ0n) is 16.9. The van der Waals surface area contributed by atoms with Crippen LogP contribution in [-0.2, 0) is 28.9 Å². The van der Waals surface area contributed by atoms with Crippen molar-refractivity contribution in [1.82, 2.24) is 14.5 Å². The average molecular weight is 460 g/mol. The molecule has 1 aromatic carbocycles. The fourth-order valence-corrected chi connectivity index (χ4v) is 5.90. The van der Waals surface area contributed by atoms with Crippen LogP contribution in [0.25, 0.3) is 15.9 Å². The SMILES string of the molecule is O=C(Cn1c(=O)n(-c2ccc(Cl)cc2)c(=O)c2c3c(sc21)CCC3)NCC1CCCO1. The molecule has 0 spiro atoms. The van der Waals surface area contributed by atoms with E-state index in [1.54, 1.807) is 24.3 Å². The van der Waals surface area contributed by atoms with E-state index in [1.807, 2.05) is 0 Å². The van der Waals surface area contributed by atoms with Gasteiger partial charge in [-0.3, -0.25) is 14.2 Å². The van der Waals surface area contributed by atoms with Crippen LogP contribution in [-0.4, -0.2) is 34.3 Å². The largest absolute Gasteiger partial charge is 0.376 e. The molecule has 162 valence electrons. The third kappa shape index (κ3) is 3.73. The van der Waals surface area contributed by atoms with Crippen LogP contribution in [0.1, 0.15) is 29.7 Å². The van der Waals surface area contributed by atoms with Crippen LogP contribution in [0.4, 0.5) is 0 Å². The Bertz CT molecular complexity index is 1270. The zero-order valence-corrected chi connectivity index (χ0v) is 18.4. The van der Waals surface area contributed by atoms with E-state index in [0.717, 1.165) is 47.1 Å². The molecule has 3 aromatic rings. The fourth-order valence-electron chi connectivity index (χ4n) is 4.40. The Balaban J connectivity index is 1.59. The smallest absolute Gasteiger partial charge is 0.337 e. The van der Waals surface area contributed by atoms with Crippen LogP contribution in [0, 0.1) is 0 Å². The van der Waals surface area contributed by atoms with Crippen molar-refractivity contribution in [3.05, 3.63) is 60.6 Å². The van der Waals surface area contributed by atoms with Gasteiger partial charge in [-0.2, -0.15) is 0 Å². The number of hydrogen-bond donors (Lipinski definition) is 1. The van der Waals surface area contributed by atoms with Gasteiger partial charge in [-0.05, 0) is 61.9 Å². The van der Waals surface area contributed by atoms with Crippen LogP contribution in [0.5, 0.6) is 0 Å². The monoisotopic (exact) mass is 459 g/mol. The predicted molar refractivity (Wildman–Crippen MR) is 121 cm³/mol. The van der Waals surface area contributed by atoms with E-state index < -0.39 is 5.69 Å². The number of fused-ring (bicyclic) bond motifs is 3. The first-order valence-corrected chi connectivity index (χ1v) is 11.7. The molecule has 2 aliphatic rings. The molecular formula is C22H22ClN3O4S. The first-order valence-electron chi connectivity index (χ1n) is 10.5. The van der Waals surface area contributed by atoms with Crippen molar-refractivity contribution >= 4 is 39.1 Å². The van der Waals surface area contributed by atoms with Gasteiger partial charge in [0.15, 0.2) is 0 Å². The van der Waals surface area contributed by atoms with Crippen molar-refractivity contribution in [2.45, 2.75) is 44.8 Å². The Morgan fingerprint density at radius 3 is 2.74 bits per heavy atom. The number of thiophene rings is 1. The van der Waals surface area contributed by atoms with Gasteiger partial charge in [-0.25, -0.2) is 9.36 Å². The molecule has 1 aliphatic carbocycles. The highest BCUT2D eigenvalue weighted by molar-refractivity contribution is 7.19. The van der Waals surface area contributed by atoms with Gasteiger partial charge in [0.25, 0.3) is 5.56 Å². The van der Waals surface area contributed by atoms with Crippen molar-refractivity contribution in [3.8, 4) is 5.69 Å². The first kappa shape index (κ1) is 20.5. The summed E-state index contributed by atoms with van der Waals surface area (Å²) < 4.78 is 8.13. The number of carbonyl (C=O) groups excluding carboxylic acids is 1. The number of amides is 1. The highest BCUT2D eigenvalue weighted by Crippen LogP contribution is 2.35. The molecule has 31 heavy (non-hydrogen) atoms. The highest BCUT2D eigenvalue weighted by Gasteiger charge is 2.26. The molecule has 3 heterocycles. The molecule has 1 unspecified atom stereocenters. The molecule has 1 N–H and O–H groups in total. The van der Waals surface area contributed by atoms with Crippen LogP contribution in [0.15, 0.2) is 33.9 Å². The van der Waals surface area contributed by atoms with Crippen LogP contribution < -0.4 is 16.6 Å². The van der Waals surface area contributed by atoms with Gasteiger partial charge in [0, 0.05) is 23.1 Å². The van der Waals surface area contributed by atoms with Gasteiger partial charge >= 0.3 is 5.69 Å². The Morgan fingerprint density at radius 1 is 1.19 bits per heavy atom. The fraction of sp³-hybridized carbons (Fsp3) is 0.409. The summed E-state index contributed by atoms with van der Waals surface area (Å²) in [6.45, 7) is 0.997. The Labute approximate surface area is 187 Å². The van der Waals surface area contributed by atoms with Crippen LogP contribution >= 0.6 is 22.9 Å². The first-order chi connectivity index (χ1) is 15.0. The molecule has 1 atom stereocenters. The topological polar surface area (TPSA) is 82.3 Å². The van der Waals surface area contributed by atoms with E-state index in [0.29, 0.717) is 34.1 Å². The quantitative estimate of drug-likeness (QED) is 0.636. The van der Waals surface area contributed by atoms with Gasteiger partial charge < -0.3 is 10.1 Å². The summed E-state index contributed by atoms with van der Waals surface area (Å²) in [5, 5.41) is 3.94. The molecule has 7 nitrogen and oxygen atoms in total. The summed E-state index contributed by atoms with van der Waals surface area (Å²) in [4.78, 5) is 41.2. The molecule has 1 fully saturated rings. The second-order valence-electron chi connectivity index (χ2n) is 7.96. The molecule has 1 saturated heterocycles. The normalized spacial score (nSPS) is 17.9. The minimum absolute atomic E-state index is 0.0225. The molecule has 1 amide bonds. The summed E-state index contributed by atoms with van der Waals surface area (Å²) in [7, 11) is 0. The number of hydrogen-bond acceptors (Lipinski definition) is 5. The molecular weight excluding hydrogens is 438 g/mol. The van der Waals surface area contributed by atoms with E-state index in [1.165, 1.54) is 15.9 Å². The van der Waals surface area contributed by atoms with E-state index >= 15 is 0 Å². The Kier molecular flexibility index (Phi) is 5.45. The molecule has 0 radical (unpaired) electrons. The molecule has 0 bridgehead atoms. The minimum atomic E-state index is -0.521. The van der Waals surface area contributed by atoms with E-state index in [9.17, 15) is 14.4 Å². The second-order valence-corrected chi connectivity index (χ2v) is 9.48. The van der Waals surface area contributed by atoms with Crippen molar-refractivity contribution < 1.29 is 9.53 Å². The summed E-state index contributed by atoms with van der Waals surface area (Å²) in [5.74, 6) is -0.270. The lowest BCUT2D eigenvalue weighted by Gasteiger charge is -2.14. The number of nitrogens with zero attached hydrogens (tertiary/aromatic N) is 2. The maximum atomic E-state index is 13.4. The number of carbonyl (C=O) groups is 1. The zero-order chi connectivity index (χ0) is 21.5. The van der Waals surface area contributed by atoms with Crippen LogP contribution in [0.2, 0.25) is 5.02 Å². The predicted octanol–water partition coefficient (Wildman–Crippen LogP) is 2.65. The lowest BCUT2D eigenvalue weighted by molar-refractivity contribution is -0.122. The van der Waals surface area contributed by atoms with E-state index in [2.05, 4.69) is 5.32 Å². The molecule has 0 saturated carbocycles. The number of nitrogens with one attached hydrogen (secondary N) is 1. The third-order valence-electron chi connectivity index (χ3n) is 5.92. The van der Waals surface area contributed by atoms with Crippen molar-refractivity contribution in [1.29, 1.82) is 0 Å². The van der Waals surface area contributed by atoms with Crippen molar-refractivity contribution in [3.63, 3.8) is 0 Å². The van der Waals surface area contributed by atoms with Crippen LogP contribution in [0.3, 0.4) is 0 Å². The third-order valence-corrected chi connectivity index (χ3v) is 7.49. The maximum absolute atomic E-state index is 13.4. The molecule has 9 heteroatoms. The number of halogens is 1. The second kappa shape index (κ2) is 8.26. The van der Waals surface area contributed by atoms with E-state index in [4.69, 9.17) is 16.3 Å². The molecule has 1 aliphatic heterocycles. The Hall–Kier alpha value is -2.42. The average Bonchev–Trinajstić information content (AvgIpc) is 3.48. The minimum Gasteiger partial charge on any atom is -0.376 e. The lowest BCUT2D eigenvalue weighted by Crippen LogP contribution is -2.42. The number of aryl methyl sites for hydroxylation is 2. The van der Waals surface area contributed by atoms with Gasteiger partial charge in [0.1, 0.15) is 11.4 Å². The number of benzene rings is 1. The number of rotatable bonds is 5. The highest BCUT2D eigenvalue weighted by atomic mass is 35.5. The van der Waals surface area contributed by atoms with Crippen molar-refractivity contribution in [2.75, 3.05) is 13.2 Å². The van der Waals surface area contributed by atoms with E-state index in [-0.39, 0.29) is 24.1 Å². The maximum Gasteiger partial charge on any atom is 0.337 e. The number of ether oxygens (including phenoxy) is 1. The molecule has 2 aromatic heterocycles. The Morgan fingerprint density at radius 2 is 2.00 bits per heavy atom. The van der Waals surface area contributed by atoms with Gasteiger partial charge in [-0.15, -0.1) is 11.3 Å². The summed E-state index contributed by atoms with van der Waals surface area (Å²) in [5.41, 5.74) is 0.596. The summed E-state index contributed by atoms with van der Waals surface area (Å²) >= 11 is 7.45. The van der Waals surface area contributed by atoms with Gasteiger partial charge in [0.2, 0.25) is 5.91 Å². The van der Waals surface area contributed by atoms with Gasteiger partial charge in [0.05, 0.1) is 17.2 Å². The van der Waals surface area contributed by atoms with Gasteiger partial charge in [-0.1, -0.05) is 11.6 Å². The summed E-state index contributed by atoms with van der Waals surface area (Å²) in [6, 6.07) is 6.57. The summed E-state index contributed by atoms with van der Waals surface area (Å²) in [6.07, 6.45) is 4.65. The van der Waals surface area contributed by atoms with Crippen molar-refractivity contribution in [2.24, 2.45) is 0 Å². The molecule has 5 rings (SSSR count). The lowest BCUT2D eigenvalue weighted by atomic mass is 10.2. The standard InChI is InChI=1S/C22H22ClN3O4S/c23-13-6-8-14(9-7-13)26-20(28)19-16-4-1-5-17(16)31-21(19)25(22(26)29)12-18(27)24-11-15-3-2-10-30-15/h6-9,15H,1-5,10-12H2,(H,24,27).